The van der Waals surface area contributed by atoms with Crippen molar-refractivity contribution in [1.29, 1.82) is 0 Å². The predicted molar refractivity (Wildman–Crippen MR) is 80.5 cm³/mol. The molecule has 3 rings (SSSR count). The molecular weight excluding hydrogens is 268 g/mol. The number of rotatable bonds is 4. The molecule has 6 nitrogen and oxygen atoms in total. The lowest BCUT2D eigenvalue weighted by atomic mass is 10.2. The third-order valence-electron chi connectivity index (χ3n) is 3.08. The van der Waals surface area contributed by atoms with Crippen LogP contribution < -0.4 is 15.6 Å². The Hall–Kier alpha value is -2.89. The van der Waals surface area contributed by atoms with Gasteiger partial charge in [0, 0.05) is 18.8 Å². The fourth-order valence-electron chi connectivity index (χ4n) is 1.99. The Bertz CT molecular complexity index is 812. The van der Waals surface area contributed by atoms with E-state index in [1.54, 1.807) is 25.4 Å². The molecule has 0 aliphatic carbocycles. The normalized spacial score (nSPS) is 10.5. The first-order chi connectivity index (χ1) is 10.3. The highest BCUT2D eigenvalue weighted by molar-refractivity contribution is 5.78. The number of para-hydroxylation sites is 1. The quantitative estimate of drug-likeness (QED) is 0.764. The van der Waals surface area contributed by atoms with Crippen LogP contribution in [0.3, 0.4) is 0 Å². The van der Waals surface area contributed by atoms with E-state index in [1.807, 2.05) is 24.3 Å². The highest BCUT2D eigenvalue weighted by Crippen LogP contribution is 2.10. The maximum absolute atomic E-state index is 11.9. The number of ether oxygens (including phenoxy) is 1. The number of nitrogens with zero attached hydrogens (tertiary/aromatic N) is 2. The van der Waals surface area contributed by atoms with Crippen LogP contribution in [-0.4, -0.2) is 22.1 Å². The first kappa shape index (κ1) is 13.1. The molecule has 3 aromatic rings. The highest BCUT2D eigenvalue weighted by atomic mass is 16.5. The Kier molecular flexibility index (Phi) is 3.51. The molecule has 2 N–H and O–H groups in total. The number of anilines is 1. The number of fused-ring (bicyclic) bond motifs is 1. The van der Waals surface area contributed by atoms with Crippen molar-refractivity contribution in [2.75, 3.05) is 12.4 Å². The number of aromatic amines is 1. The summed E-state index contributed by atoms with van der Waals surface area (Å²) in [5.74, 6) is 1.01. The van der Waals surface area contributed by atoms with E-state index in [9.17, 15) is 4.79 Å². The lowest BCUT2D eigenvalue weighted by Crippen LogP contribution is -2.13. The summed E-state index contributed by atoms with van der Waals surface area (Å²) < 4.78 is 5.00. The third kappa shape index (κ3) is 2.84. The number of hydrogen-bond acceptors (Lipinski definition) is 5. The molecule has 0 aliphatic rings. The average molecular weight is 282 g/mol. The summed E-state index contributed by atoms with van der Waals surface area (Å²) in [6.45, 7) is 0.512. The molecule has 0 bridgehead atoms. The van der Waals surface area contributed by atoms with Crippen LogP contribution in [0.5, 0.6) is 5.88 Å². The summed E-state index contributed by atoms with van der Waals surface area (Å²) >= 11 is 0. The van der Waals surface area contributed by atoms with Gasteiger partial charge in [-0.15, -0.1) is 0 Å². The molecule has 106 valence electrons. The molecular formula is C15H14N4O2. The zero-order chi connectivity index (χ0) is 14.7. The van der Waals surface area contributed by atoms with E-state index in [2.05, 4.69) is 20.3 Å². The fourth-order valence-corrected chi connectivity index (χ4v) is 1.99. The summed E-state index contributed by atoms with van der Waals surface area (Å²) in [6, 6.07) is 10.9. The van der Waals surface area contributed by atoms with E-state index in [0.717, 1.165) is 5.56 Å². The van der Waals surface area contributed by atoms with E-state index in [1.165, 1.54) is 0 Å². The van der Waals surface area contributed by atoms with Crippen molar-refractivity contribution in [3.63, 3.8) is 0 Å². The number of H-pyrrole nitrogens is 1. The molecule has 0 spiro atoms. The van der Waals surface area contributed by atoms with Crippen molar-refractivity contribution in [2.45, 2.75) is 6.54 Å². The largest absolute Gasteiger partial charge is 0.481 e. The second kappa shape index (κ2) is 5.62. The van der Waals surface area contributed by atoms with Crippen molar-refractivity contribution in [3.05, 3.63) is 58.5 Å². The van der Waals surface area contributed by atoms with Crippen LogP contribution >= 0.6 is 0 Å². The zero-order valence-corrected chi connectivity index (χ0v) is 11.5. The van der Waals surface area contributed by atoms with Crippen LogP contribution in [0, 0.1) is 0 Å². The van der Waals surface area contributed by atoms with E-state index in [-0.39, 0.29) is 5.56 Å². The van der Waals surface area contributed by atoms with Crippen molar-refractivity contribution in [1.82, 2.24) is 15.0 Å². The Morgan fingerprint density at radius 1 is 1.24 bits per heavy atom. The van der Waals surface area contributed by atoms with Gasteiger partial charge in [0.05, 0.1) is 18.0 Å². The number of nitrogens with one attached hydrogen (secondary N) is 2. The summed E-state index contributed by atoms with van der Waals surface area (Å²) in [7, 11) is 1.57. The average Bonchev–Trinajstić information content (AvgIpc) is 2.53. The lowest BCUT2D eigenvalue weighted by molar-refractivity contribution is 0.397. The Morgan fingerprint density at radius 3 is 2.86 bits per heavy atom. The van der Waals surface area contributed by atoms with Gasteiger partial charge in [-0.3, -0.25) is 9.78 Å². The molecule has 0 fully saturated rings. The number of aromatic nitrogens is 3. The topological polar surface area (TPSA) is 79.9 Å². The van der Waals surface area contributed by atoms with Gasteiger partial charge < -0.3 is 10.1 Å². The van der Waals surface area contributed by atoms with Crippen molar-refractivity contribution in [2.24, 2.45) is 0 Å². The van der Waals surface area contributed by atoms with E-state index >= 15 is 0 Å². The zero-order valence-electron chi connectivity index (χ0n) is 11.5. The molecule has 0 aliphatic heterocycles. The Labute approximate surface area is 120 Å². The number of hydrogen-bond donors (Lipinski definition) is 2. The van der Waals surface area contributed by atoms with Gasteiger partial charge in [-0.1, -0.05) is 18.2 Å². The smallest absolute Gasteiger partial charge is 0.260 e. The molecule has 0 unspecified atom stereocenters. The molecule has 0 saturated carbocycles. The Balaban J connectivity index is 1.80. The minimum absolute atomic E-state index is 0.157. The van der Waals surface area contributed by atoms with Crippen LogP contribution in [0.2, 0.25) is 0 Å². The number of benzene rings is 1. The maximum atomic E-state index is 11.9. The summed E-state index contributed by atoms with van der Waals surface area (Å²) in [5.41, 5.74) is 1.47. The minimum atomic E-state index is -0.157. The van der Waals surface area contributed by atoms with Gasteiger partial charge in [-0.05, 0) is 17.7 Å². The second-order valence-electron chi connectivity index (χ2n) is 4.49. The van der Waals surface area contributed by atoms with Gasteiger partial charge in [-0.2, -0.15) is 0 Å². The van der Waals surface area contributed by atoms with Crippen molar-refractivity contribution < 1.29 is 4.74 Å². The highest BCUT2D eigenvalue weighted by Gasteiger charge is 2.03. The summed E-state index contributed by atoms with van der Waals surface area (Å²) in [5, 5.41) is 3.66. The first-order valence-electron chi connectivity index (χ1n) is 6.48. The molecule has 0 radical (unpaired) electrons. The van der Waals surface area contributed by atoms with Gasteiger partial charge in [-0.25, -0.2) is 9.97 Å². The molecule has 21 heavy (non-hydrogen) atoms. The van der Waals surface area contributed by atoms with E-state index < -0.39 is 0 Å². The van der Waals surface area contributed by atoms with Gasteiger partial charge in [0.2, 0.25) is 11.8 Å². The van der Waals surface area contributed by atoms with Gasteiger partial charge in [0.1, 0.15) is 0 Å². The van der Waals surface area contributed by atoms with Crippen molar-refractivity contribution >= 4 is 16.9 Å². The van der Waals surface area contributed by atoms with Crippen LogP contribution in [0.15, 0.2) is 47.4 Å². The molecule has 0 saturated heterocycles. The molecule has 2 aromatic heterocycles. The first-order valence-corrected chi connectivity index (χ1v) is 6.48. The number of methoxy groups -OCH3 is 1. The predicted octanol–water partition coefficient (Wildman–Crippen LogP) is 1.94. The maximum Gasteiger partial charge on any atom is 0.260 e. The van der Waals surface area contributed by atoms with Crippen molar-refractivity contribution in [3.8, 4) is 5.88 Å². The van der Waals surface area contributed by atoms with Crippen LogP contribution in [0.1, 0.15) is 5.56 Å². The molecule has 6 heteroatoms. The minimum Gasteiger partial charge on any atom is -0.481 e. The SMILES string of the molecule is COc1ccc(CNc2nc3ccccc3c(=O)[nH]2)cn1. The summed E-state index contributed by atoms with van der Waals surface area (Å²) in [4.78, 5) is 23.1. The summed E-state index contributed by atoms with van der Waals surface area (Å²) in [6.07, 6.45) is 1.71. The molecule has 0 amide bonds. The molecule has 0 atom stereocenters. The third-order valence-corrected chi connectivity index (χ3v) is 3.08. The second-order valence-corrected chi connectivity index (χ2v) is 4.49. The molecule has 1 aromatic carbocycles. The van der Waals surface area contributed by atoms with Gasteiger partial charge in [0.25, 0.3) is 5.56 Å². The number of pyridine rings is 1. The van der Waals surface area contributed by atoms with Crippen LogP contribution in [-0.2, 0) is 6.54 Å². The van der Waals surface area contributed by atoms with Crippen LogP contribution in [0.25, 0.3) is 10.9 Å². The van der Waals surface area contributed by atoms with E-state index in [4.69, 9.17) is 4.74 Å². The molecule has 2 heterocycles. The fraction of sp³-hybridized carbons (Fsp3) is 0.133. The Morgan fingerprint density at radius 2 is 2.10 bits per heavy atom. The van der Waals surface area contributed by atoms with Gasteiger partial charge in [0.15, 0.2) is 0 Å². The van der Waals surface area contributed by atoms with Gasteiger partial charge >= 0.3 is 0 Å². The van der Waals surface area contributed by atoms with Crippen LogP contribution in [0.4, 0.5) is 5.95 Å². The van der Waals surface area contributed by atoms with E-state index in [0.29, 0.717) is 29.3 Å². The standard InChI is InChI=1S/C15H14N4O2/c1-21-13-7-6-10(8-16-13)9-17-15-18-12-5-3-2-4-11(12)14(20)19-15/h2-8H,9H2,1H3,(H2,17,18,19,20). The lowest BCUT2D eigenvalue weighted by Gasteiger charge is -2.06. The monoisotopic (exact) mass is 282 g/mol.